The number of amides is 1. The van der Waals surface area contributed by atoms with Crippen molar-refractivity contribution in [3.63, 3.8) is 0 Å². The van der Waals surface area contributed by atoms with Crippen molar-refractivity contribution in [3.8, 4) is 0 Å². The van der Waals surface area contributed by atoms with Gasteiger partial charge in [-0.2, -0.15) is 0 Å². The summed E-state index contributed by atoms with van der Waals surface area (Å²) < 4.78 is 0. The van der Waals surface area contributed by atoms with E-state index in [0.717, 1.165) is 11.3 Å². The Balaban J connectivity index is 2.53. The van der Waals surface area contributed by atoms with Gasteiger partial charge in [0.25, 0.3) is 0 Å². The topological polar surface area (TPSA) is 69.6 Å². The Bertz CT molecular complexity index is 443. The van der Waals surface area contributed by atoms with Crippen molar-refractivity contribution in [2.24, 2.45) is 5.92 Å². The van der Waals surface area contributed by atoms with Crippen LogP contribution in [0.25, 0.3) is 0 Å². The zero-order valence-corrected chi connectivity index (χ0v) is 11.5. The fourth-order valence-corrected chi connectivity index (χ4v) is 1.82. The minimum Gasteiger partial charge on any atom is -0.481 e. The lowest BCUT2D eigenvalue weighted by molar-refractivity contribution is -0.141. The van der Waals surface area contributed by atoms with E-state index in [4.69, 9.17) is 5.11 Å². The molecule has 0 radical (unpaired) electrons. The average Bonchev–Trinajstić information content (AvgIpc) is 2.30. The van der Waals surface area contributed by atoms with Crippen molar-refractivity contribution in [2.75, 3.05) is 18.9 Å². The number of nitrogens with one attached hydrogen (secondary N) is 1. The molecule has 1 amide bonds. The number of aliphatic carboxylic acids is 1. The van der Waals surface area contributed by atoms with Gasteiger partial charge in [-0.15, -0.1) is 0 Å². The number of carbonyl (C=O) groups is 2. The summed E-state index contributed by atoms with van der Waals surface area (Å²) in [5, 5.41) is 11.6. The fourth-order valence-electron chi connectivity index (χ4n) is 1.82. The smallest absolute Gasteiger partial charge is 0.307 e. The summed E-state index contributed by atoms with van der Waals surface area (Å²) in [5.74, 6) is -1.27. The summed E-state index contributed by atoms with van der Waals surface area (Å²) >= 11 is 0. The molecule has 0 spiro atoms. The Labute approximate surface area is 113 Å². The molecule has 0 saturated heterocycles. The van der Waals surface area contributed by atoms with Crippen LogP contribution < -0.4 is 5.32 Å². The molecule has 5 nitrogen and oxygen atoms in total. The van der Waals surface area contributed by atoms with E-state index in [1.807, 2.05) is 36.2 Å². The molecule has 0 aliphatic rings. The monoisotopic (exact) mass is 264 g/mol. The molecule has 0 fully saturated rings. The van der Waals surface area contributed by atoms with Gasteiger partial charge in [0, 0.05) is 25.7 Å². The second kappa shape index (κ2) is 6.89. The maximum atomic E-state index is 10.9. The maximum Gasteiger partial charge on any atom is 0.307 e. The van der Waals surface area contributed by atoms with Crippen molar-refractivity contribution in [3.05, 3.63) is 29.8 Å². The number of carbonyl (C=O) groups excluding carboxylic acids is 1. The number of anilines is 1. The van der Waals surface area contributed by atoms with E-state index in [9.17, 15) is 9.59 Å². The van der Waals surface area contributed by atoms with Gasteiger partial charge in [0.2, 0.25) is 5.91 Å². The first-order valence-electron chi connectivity index (χ1n) is 6.16. The molecule has 1 aromatic rings. The van der Waals surface area contributed by atoms with Gasteiger partial charge in [0.05, 0.1) is 5.92 Å². The molecule has 0 aromatic heterocycles. The standard InChI is InChI=1S/C14H20N2O3/c1-10(14(18)19)8-16(3)9-12-4-6-13(7-5-12)15-11(2)17/h4-7,10H,8-9H2,1-3H3,(H,15,17)(H,18,19). The predicted molar refractivity (Wildman–Crippen MR) is 73.9 cm³/mol. The molecule has 19 heavy (non-hydrogen) atoms. The molecular weight excluding hydrogens is 244 g/mol. The molecule has 0 aliphatic carbocycles. The number of rotatable bonds is 6. The Morgan fingerprint density at radius 1 is 1.32 bits per heavy atom. The van der Waals surface area contributed by atoms with Gasteiger partial charge in [0.1, 0.15) is 0 Å². The number of carboxylic acid groups (broad SMARTS) is 1. The van der Waals surface area contributed by atoms with Crippen LogP contribution in [0.1, 0.15) is 19.4 Å². The summed E-state index contributed by atoms with van der Waals surface area (Å²) in [5.41, 5.74) is 1.84. The minimum absolute atomic E-state index is 0.0971. The first-order valence-corrected chi connectivity index (χ1v) is 6.16. The lowest BCUT2D eigenvalue weighted by Crippen LogP contribution is -2.28. The minimum atomic E-state index is -0.784. The highest BCUT2D eigenvalue weighted by atomic mass is 16.4. The van der Waals surface area contributed by atoms with Crippen LogP contribution in [-0.4, -0.2) is 35.5 Å². The van der Waals surface area contributed by atoms with E-state index in [2.05, 4.69) is 5.32 Å². The molecule has 1 aromatic carbocycles. The number of nitrogens with zero attached hydrogens (tertiary/aromatic N) is 1. The number of carboxylic acids is 1. The molecule has 0 aliphatic heterocycles. The van der Waals surface area contributed by atoms with Crippen LogP contribution in [-0.2, 0) is 16.1 Å². The zero-order chi connectivity index (χ0) is 14.4. The number of hydrogen-bond acceptors (Lipinski definition) is 3. The number of benzene rings is 1. The Morgan fingerprint density at radius 2 is 1.89 bits per heavy atom. The van der Waals surface area contributed by atoms with Crippen molar-refractivity contribution in [1.29, 1.82) is 0 Å². The molecule has 0 saturated carbocycles. The summed E-state index contributed by atoms with van der Waals surface area (Å²) in [6.07, 6.45) is 0. The third-order valence-corrected chi connectivity index (χ3v) is 2.73. The Kier molecular flexibility index (Phi) is 5.51. The largest absolute Gasteiger partial charge is 0.481 e. The second-order valence-corrected chi connectivity index (χ2v) is 4.81. The lowest BCUT2D eigenvalue weighted by atomic mass is 10.1. The quantitative estimate of drug-likeness (QED) is 0.822. The van der Waals surface area contributed by atoms with Gasteiger partial charge >= 0.3 is 5.97 Å². The van der Waals surface area contributed by atoms with Crippen LogP contribution in [0.2, 0.25) is 0 Å². The van der Waals surface area contributed by atoms with Crippen LogP contribution in [0.3, 0.4) is 0 Å². The summed E-state index contributed by atoms with van der Waals surface area (Å²) in [7, 11) is 1.89. The third kappa shape index (κ3) is 5.52. The first-order chi connectivity index (χ1) is 8.88. The van der Waals surface area contributed by atoms with Gasteiger partial charge < -0.3 is 15.3 Å². The summed E-state index contributed by atoms with van der Waals surface area (Å²) in [6, 6.07) is 7.52. The molecule has 0 heterocycles. The molecule has 104 valence electrons. The highest BCUT2D eigenvalue weighted by Gasteiger charge is 2.13. The lowest BCUT2D eigenvalue weighted by Gasteiger charge is -2.19. The molecular formula is C14H20N2O3. The first kappa shape index (κ1) is 15.2. The van der Waals surface area contributed by atoms with Crippen LogP contribution >= 0.6 is 0 Å². The average molecular weight is 264 g/mol. The van der Waals surface area contributed by atoms with Gasteiger partial charge in [-0.1, -0.05) is 19.1 Å². The van der Waals surface area contributed by atoms with Crippen molar-refractivity contribution >= 4 is 17.6 Å². The van der Waals surface area contributed by atoms with Crippen LogP contribution in [0.4, 0.5) is 5.69 Å². The third-order valence-electron chi connectivity index (χ3n) is 2.73. The summed E-state index contributed by atoms with van der Waals surface area (Å²) in [4.78, 5) is 23.6. The summed E-state index contributed by atoms with van der Waals surface area (Å²) in [6.45, 7) is 4.34. The molecule has 0 bridgehead atoms. The molecule has 1 unspecified atom stereocenters. The number of hydrogen-bond donors (Lipinski definition) is 2. The van der Waals surface area contributed by atoms with Gasteiger partial charge in [-0.25, -0.2) is 0 Å². The van der Waals surface area contributed by atoms with Gasteiger partial charge in [0.15, 0.2) is 0 Å². The van der Waals surface area contributed by atoms with E-state index in [1.165, 1.54) is 6.92 Å². The molecule has 5 heteroatoms. The normalized spacial score (nSPS) is 12.2. The zero-order valence-electron chi connectivity index (χ0n) is 11.5. The van der Waals surface area contributed by atoms with Crippen LogP contribution in [0.5, 0.6) is 0 Å². The van der Waals surface area contributed by atoms with E-state index in [0.29, 0.717) is 13.1 Å². The maximum absolute atomic E-state index is 10.9. The predicted octanol–water partition coefficient (Wildman–Crippen LogP) is 1.80. The second-order valence-electron chi connectivity index (χ2n) is 4.81. The molecule has 1 atom stereocenters. The van der Waals surface area contributed by atoms with E-state index < -0.39 is 5.97 Å². The van der Waals surface area contributed by atoms with Crippen LogP contribution in [0, 0.1) is 5.92 Å². The molecule has 2 N–H and O–H groups in total. The van der Waals surface area contributed by atoms with Crippen molar-refractivity contribution in [1.82, 2.24) is 4.90 Å². The Hall–Kier alpha value is -1.88. The van der Waals surface area contributed by atoms with E-state index in [-0.39, 0.29) is 11.8 Å². The van der Waals surface area contributed by atoms with E-state index >= 15 is 0 Å². The van der Waals surface area contributed by atoms with Crippen molar-refractivity contribution in [2.45, 2.75) is 20.4 Å². The van der Waals surface area contributed by atoms with Gasteiger partial charge in [-0.3, -0.25) is 9.59 Å². The van der Waals surface area contributed by atoms with Crippen molar-refractivity contribution < 1.29 is 14.7 Å². The fraction of sp³-hybridized carbons (Fsp3) is 0.429. The Morgan fingerprint density at radius 3 is 2.37 bits per heavy atom. The molecule has 1 rings (SSSR count). The SMILES string of the molecule is CC(=O)Nc1ccc(CN(C)CC(C)C(=O)O)cc1. The highest BCUT2D eigenvalue weighted by Crippen LogP contribution is 2.11. The van der Waals surface area contributed by atoms with E-state index in [1.54, 1.807) is 6.92 Å². The highest BCUT2D eigenvalue weighted by molar-refractivity contribution is 5.88. The van der Waals surface area contributed by atoms with Crippen LogP contribution in [0.15, 0.2) is 24.3 Å². The van der Waals surface area contributed by atoms with Gasteiger partial charge in [-0.05, 0) is 24.7 Å².